The van der Waals surface area contributed by atoms with Crippen LogP contribution in [0.25, 0.3) is 0 Å². The first-order valence-electron chi connectivity index (χ1n) is 8.88. The van der Waals surface area contributed by atoms with Gasteiger partial charge in [-0.1, -0.05) is 0 Å². The number of benzene rings is 3. The van der Waals surface area contributed by atoms with E-state index in [2.05, 4.69) is 0 Å². The molecule has 0 aliphatic heterocycles. The van der Waals surface area contributed by atoms with E-state index in [0.29, 0.717) is 0 Å². The van der Waals surface area contributed by atoms with Crippen molar-refractivity contribution in [3.8, 4) is 0 Å². The second-order valence-electron chi connectivity index (χ2n) is 6.55. The van der Waals surface area contributed by atoms with Crippen molar-refractivity contribution in [2.24, 2.45) is 0 Å². The standard InChI is InChI=1S/3C6H4F.2C2H4O2.Bi/c3*7-6-4-2-1-3-5-6;2*1-2(3)4;/h3*2-5H;2*1H3,(H,3,4);/q;;;;;+2/p-2. The summed E-state index contributed by atoms with van der Waals surface area (Å²) in [6, 6.07) is 15.0. The van der Waals surface area contributed by atoms with Gasteiger partial charge in [-0.25, -0.2) is 0 Å². The molecule has 0 N–H and O–H groups in total. The molecule has 0 heterocycles. The van der Waals surface area contributed by atoms with Gasteiger partial charge in [0.2, 0.25) is 0 Å². The molecule has 30 heavy (non-hydrogen) atoms. The molecule has 0 aliphatic carbocycles. The molecule has 4 nitrogen and oxygen atoms in total. The Morgan fingerprint density at radius 2 is 0.800 bits per heavy atom. The maximum atomic E-state index is 13.7. The van der Waals surface area contributed by atoms with Crippen LogP contribution in [0.5, 0.6) is 0 Å². The molecular weight excluding hydrogens is 594 g/mol. The fraction of sp³-hybridized carbons (Fsp3) is 0.0909. The van der Waals surface area contributed by atoms with Crippen LogP contribution in [0.3, 0.4) is 0 Å². The van der Waals surface area contributed by atoms with E-state index < -0.39 is 49.1 Å². The fourth-order valence-corrected chi connectivity index (χ4v) is 21.4. The second kappa shape index (κ2) is 8.19. The average molecular weight is 612 g/mol. The Morgan fingerprint density at radius 3 is 1.00 bits per heavy atom. The van der Waals surface area contributed by atoms with Gasteiger partial charge in [-0.2, -0.15) is 0 Å². The summed E-state index contributed by atoms with van der Waals surface area (Å²) in [7, 11) is 0. The molecule has 156 valence electrons. The SMILES string of the molecule is CC(=O)[O][Bi]([O]C(C)=O)([c]1ccc(F)cc1)([c]1ccc(F)cc1)[c]1ccc(F)cc1. The minimum atomic E-state index is -6.21. The summed E-state index contributed by atoms with van der Waals surface area (Å²) in [5.74, 6) is -3.19. The Labute approximate surface area is 173 Å². The van der Waals surface area contributed by atoms with Crippen LogP contribution in [0.1, 0.15) is 13.8 Å². The van der Waals surface area contributed by atoms with E-state index in [1.165, 1.54) is 36.4 Å². The van der Waals surface area contributed by atoms with E-state index in [1.54, 1.807) is 0 Å². The van der Waals surface area contributed by atoms with Crippen molar-refractivity contribution in [1.82, 2.24) is 0 Å². The Kier molecular flexibility index (Phi) is 6.00. The van der Waals surface area contributed by atoms with Gasteiger partial charge < -0.3 is 0 Å². The molecule has 3 aromatic rings. The zero-order valence-corrected chi connectivity index (χ0v) is 19.6. The molecule has 0 unspecified atom stereocenters. The summed E-state index contributed by atoms with van der Waals surface area (Å²) in [6.07, 6.45) is 0. The van der Waals surface area contributed by atoms with Crippen molar-refractivity contribution in [3.05, 3.63) is 90.2 Å². The molecule has 0 saturated heterocycles. The van der Waals surface area contributed by atoms with E-state index in [0.717, 1.165) is 50.2 Å². The molecule has 0 saturated carbocycles. The van der Waals surface area contributed by atoms with Crippen LogP contribution in [0.2, 0.25) is 0 Å². The van der Waals surface area contributed by atoms with Crippen LogP contribution in [-0.4, -0.2) is 31.6 Å². The van der Waals surface area contributed by atoms with E-state index in [-0.39, 0.29) is 9.81 Å². The van der Waals surface area contributed by atoms with Crippen molar-refractivity contribution in [2.75, 3.05) is 0 Å². The van der Waals surface area contributed by atoms with Gasteiger partial charge in [-0.3, -0.25) is 0 Å². The number of halogens is 3. The molecule has 0 spiro atoms. The molecule has 0 aromatic heterocycles. The average Bonchev–Trinajstić information content (AvgIpc) is 2.68. The Bertz CT molecular complexity index is 947. The molecule has 0 radical (unpaired) electrons. The van der Waals surface area contributed by atoms with Gasteiger partial charge in [-0.05, 0) is 0 Å². The molecule has 0 amide bonds. The molecular formula is C22H18BiF3O4. The monoisotopic (exact) mass is 612 g/mol. The summed E-state index contributed by atoms with van der Waals surface area (Å²) in [5, 5.41) is 0. The normalized spacial score (nSPS) is 12.5. The quantitative estimate of drug-likeness (QED) is 0.417. The van der Waals surface area contributed by atoms with Gasteiger partial charge >= 0.3 is 174 Å². The van der Waals surface area contributed by atoms with E-state index in [4.69, 9.17) is 5.63 Å². The molecule has 0 aliphatic rings. The number of rotatable bonds is 5. The maximum absolute atomic E-state index is 13.7. The summed E-state index contributed by atoms with van der Waals surface area (Å²) in [4.78, 5) is 24.8. The zero-order chi connectivity index (χ0) is 22.0. The van der Waals surface area contributed by atoms with Gasteiger partial charge in [0, 0.05) is 0 Å². The van der Waals surface area contributed by atoms with Crippen LogP contribution in [-0.2, 0) is 15.2 Å². The van der Waals surface area contributed by atoms with Gasteiger partial charge in [-0.15, -0.1) is 0 Å². The topological polar surface area (TPSA) is 52.6 Å². The Balaban J connectivity index is 2.57. The zero-order valence-electron chi connectivity index (χ0n) is 16.1. The molecule has 3 aromatic carbocycles. The van der Waals surface area contributed by atoms with Gasteiger partial charge in [0.15, 0.2) is 0 Å². The van der Waals surface area contributed by atoms with Crippen molar-refractivity contribution in [2.45, 2.75) is 13.8 Å². The summed E-state index contributed by atoms with van der Waals surface area (Å²) in [6.45, 7) is 2.29. The number of carbonyl (C=O) groups excluding carboxylic acids is 2. The third-order valence-electron chi connectivity index (χ3n) is 4.49. The summed E-state index contributed by atoms with van der Waals surface area (Å²) < 4.78 is 54.0. The summed E-state index contributed by atoms with van der Waals surface area (Å²) in [5.41, 5.74) is 0. The third kappa shape index (κ3) is 3.72. The number of hydrogen-bond acceptors (Lipinski definition) is 4. The second-order valence-corrected chi connectivity index (χ2v) is 21.4. The Hall–Kier alpha value is -2.73. The molecule has 0 atom stereocenters. The fourth-order valence-electron chi connectivity index (χ4n) is 3.41. The minimum absolute atomic E-state index is 0.256. The molecule has 0 fully saturated rings. The third-order valence-corrected chi connectivity index (χ3v) is 23.6. The van der Waals surface area contributed by atoms with E-state index in [9.17, 15) is 22.8 Å². The molecule has 3 rings (SSSR count). The predicted octanol–water partition coefficient (Wildman–Crippen LogP) is 2.65. The van der Waals surface area contributed by atoms with Crippen LogP contribution in [0.4, 0.5) is 13.2 Å². The van der Waals surface area contributed by atoms with Crippen LogP contribution < -0.4 is 9.81 Å². The van der Waals surface area contributed by atoms with Crippen LogP contribution >= 0.6 is 0 Å². The number of hydrogen-bond donors (Lipinski definition) is 0. The first kappa shape index (κ1) is 22.0. The Morgan fingerprint density at radius 1 is 0.567 bits per heavy atom. The predicted molar refractivity (Wildman–Crippen MR) is 107 cm³/mol. The van der Waals surface area contributed by atoms with Gasteiger partial charge in [0.1, 0.15) is 0 Å². The molecule has 8 heteroatoms. The van der Waals surface area contributed by atoms with Crippen LogP contribution in [0, 0.1) is 17.5 Å². The first-order valence-corrected chi connectivity index (χ1v) is 16.9. The van der Waals surface area contributed by atoms with Crippen LogP contribution in [0.15, 0.2) is 72.8 Å². The van der Waals surface area contributed by atoms with Crippen molar-refractivity contribution < 1.29 is 28.4 Å². The van der Waals surface area contributed by atoms with Crippen molar-refractivity contribution >= 4 is 41.4 Å². The summed E-state index contributed by atoms with van der Waals surface area (Å²) >= 11 is -6.21. The first-order chi connectivity index (χ1) is 14.2. The van der Waals surface area contributed by atoms with Crippen molar-refractivity contribution in [1.29, 1.82) is 0 Å². The molecule has 0 bridgehead atoms. The van der Waals surface area contributed by atoms with Gasteiger partial charge in [0.05, 0.1) is 0 Å². The number of carbonyl (C=O) groups is 2. The van der Waals surface area contributed by atoms with Crippen molar-refractivity contribution in [3.63, 3.8) is 0 Å². The van der Waals surface area contributed by atoms with E-state index in [1.807, 2.05) is 0 Å². The van der Waals surface area contributed by atoms with E-state index >= 15 is 0 Å². The van der Waals surface area contributed by atoms with Gasteiger partial charge in [0.25, 0.3) is 0 Å².